The Bertz CT molecular complexity index is 410. The first-order valence-corrected chi connectivity index (χ1v) is 5.50. The highest BCUT2D eigenvalue weighted by atomic mass is 19.1. The van der Waals surface area contributed by atoms with Crippen molar-refractivity contribution in [2.75, 3.05) is 11.9 Å². The number of aryl methyl sites for hydroxylation is 1. The molecule has 3 nitrogen and oxygen atoms in total. The van der Waals surface area contributed by atoms with Gasteiger partial charge in [0.05, 0.1) is 5.69 Å². The van der Waals surface area contributed by atoms with Crippen LogP contribution in [0.4, 0.5) is 10.1 Å². The maximum atomic E-state index is 13.4. The fraction of sp³-hybridized carbons (Fsp3) is 0.462. The van der Waals surface area contributed by atoms with E-state index >= 15 is 0 Å². The zero-order chi connectivity index (χ0) is 13.1. The van der Waals surface area contributed by atoms with Crippen LogP contribution in [0, 0.1) is 12.7 Å². The Hall–Kier alpha value is -1.58. The fourth-order valence-corrected chi connectivity index (χ4v) is 1.31. The molecule has 0 amide bonds. The average Bonchev–Trinajstić information content (AvgIpc) is 2.13. The summed E-state index contributed by atoms with van der Waals surface area (Å²) in [4.78, 5) is 11.4. The standard InChI is InChI=1S/C13H18FNO2/c1-9-5-6-11(10(14)7-9)15-8-12(16)17-13(2,3)4/h5-7,15H,8H2,1-4H3. The van der Waals surface area contributed by atoms with E-state index in [4.69, 9.17) is 4.74 Å². The van der Waals surface area contributed by atoms with Crippen molar-refractivity contribution in [2.45, 2.75) is 33.3 Å². The maximum Gasteiger partial charge on any atom is 0.325 e. The molecule has 0 heterocycles. The van der Waals surface area contributed by atoms with E-state index in [-0.39, 0.29) is 12.4 Å². The lowest BCUT2D eigenvalue weighted by Crippen LogP contribution is -2.28. The van der Waals surface area contributed by atoms with Crippen molar-refractivity contribution in [3.05, 3.63) is 29.6 Å². The molecule has 1 aromatic carbocycles. The molecule has 0 atom stereocenters. The van der Waals surface area contributed by atoms with Crippen molar-refractivity contribution >= 4 is 11.7 Å². The number of carbonyl (C=O) groups is 1. The van der Waals surface area contributed by atoms with E-state index < -0.39 is 11.6 Å². The zero-order valence-corrected chi connectivity index (χ0v) is 10.6. The van der Waals surface area contributed by atoms with E-state index in [1.807, 2.05) is 0 Å². The number of esters is 1. The minimum Gasteiger partial charge on any atom is -0.459 e. The lowest BCUT2D eigenvalue weighted by molar-refractivity contribution is -0.152. The summed E-state index contributed by atoms with van der Waals surface area (Å²) in [5.74, 6) is -0.772. The lowest BCUT2D eigenvalue weighted by atomic mass is 10.2. The van der Waals surface area contributed by atoms with Gasteiger partial charge >= 0.3 is 5.97 Å². The van der Waals surface area contributed by atoms with E-state index in [9.17, 15) is 9.18 Å². The Balaban J connectivity index is 2.53. The predicted octanol–water partition coefficient (Wildman–Crippen LogP) is 2.89. The van der Waals surface area contributed by atoms with Gasteiger partial charge in [0.25, 0.3) is 0 Å². The summed E-state index contributed by atoms with van der Waals surface area (Å²) < 4.78 is 18.5. The van der Waals surface area contributed by atoms with Crippen LogP contribution in [-0.4, -0.2) is 18.1 Å². The quantitative estimate of drug-likeness (QED) is 0.824. The number of benzene rings is 1. The molecule has 1 rings (SSSR count). The van der Waals surface area contributed by atoms with Gasteiger partial charge in [-0.3, -0.25) is 4.79 Å². The number of halogens is 1. The number of anilines is 1. The maximum absolute atomic E-state index is 13.4. The Kier molecular flexibility index (Phi) is 4.10. The number of carbonyl (C=O) groups excluding carboxylic acids is 1. The van der Waals surface area contributed by atoms with Crippen LogP contribution in [0.1, 0.15) is 26.3 Å². The van der Waals surface area contributed by atoms with Gasteiger partial charge in [0.1, 0.15) is 18.0 Å². The van der Waals surface area contributed by atoms with Crippen LogP contribution in [0.25, 0.3) is 0 Å². The summed E-state index contributed by atoms with van der Waals surface area (Å²) in [5, 5.41) is 2.71. The summed E-state index contributed by atoms with van der Waals surface area (Å²) in [7, 11) is 0. The van der Waals surface area contributed by atoms with E-state index in [1.54, 1.807) is 39.8 Å². The monoisotopic (exact) mass is 239 g/mol. The van der Waals surface area contributed by atoms with Gasteiger partial charge in [0, 0.05) is 0 Å². The van der Waals surface area contributed by atoms with Gasteiger partial charge in [-0.1, -0.05) is 6.07 Å². The predicted molar refractivity (Wildman–Crippen MR) is 65.5 cm³/mol. The van der Waals surface area contributed by atoms with Gasteiger partial charge in [0.2, 0.25) is 0 Å². The van der Waals surface area contributed by atoms with Crippen LogP contribution in [0.3, 0.4) is 0 Å². The number of ether oxygens (including phenoxy) is 1. The zero-order valence-electron chi connectivity index (χ0n) is 10.6. The van der Waals surface area contributed by atoms with Gasteiger partial charge in [-0.2, -0.15) is 0 Å². The van der Waals surface area contributed by atoms with Gasteiger partial charge in [-0.25, -0.2) is 4.39 Å². The molecule has 0 unspecified atom stereocenters. The second kappa shape index (κ2) is 5.17. The number of nitrogens with one attached hydrogen (secondary N) is 1. The minimum atomic E-state index is -0.523. The molecule has 94 valence electrons. The fourth-order valence-electron chi connectivity index (χ4n) is 1.31. The van der Waals surface area contributed by atoms with E-state index in [0.717, 1.165) is 5.56 Å². The first-order chi connectivity index (χ1) is 7.78. The summed E-state index contributed by atoms with van der Waals surface area (Å²) >= 11 is 0. The van der Waals surface area contributed by atoms with E-state index in [1.165, 1.54) is 6.07 Å². The largest absolute Gasteiger partial charge is 0.459 e. The van der Waals surface area contributed by atoms with Crippen molar-refractivity contribution in [3.63, 3.8) is 0 Å². The number of hydrogen-bond donors (Lipinski definition) is 1. The van der Waals surface area contributed by atoms with Crippen molar-refractivity contribution < 1.29 is 13.9 Å². The number of rotatable bonds is 3. The van der Waals surface area contributed by atoms with Crippen LogP contribution in [0.15, 0.2) is 18.2 Å². The Labute approximate surface area is 101 Å². The molecule has 0 saturated heterocycles. The second-order valence-corrected chi connectivity index (χ2v) is 4.92. The average molecular weight is 239 g/mol. The topological polar surface area (TPSA) is 38.3 Å². The molecule has 4 heteroatoms. The Morgan fingerprint density at radius 1 is 1.41 bits per heavy atom. The molecule has 1 N–H and O–H groups in total. The van der Waals surface area contributed by atoms with Crippen molar-refractivity contribution in [2.24, 2.45) is 0 Å². The van der Waals surface area contributed by atoms with Gasteiger partial charge < -0.3 is 10.1 Å². The SMILES string of the molecule is Cc1ccc(NCC(=O)OC(C)(C)C)c(F)c1. The highest BCUT2D eigenvalue weighted by Gasteiger charge is 2.16. The summed E-state index contributed by atoms with van der Waals surface area (Å²) in [6.45, 7) is 7.13. The molecule has 0 spiro atoms. The van der Waals surface area contributed by atoms with Crippen molar-refractivity contribution in [1.29, 1.82) is 0 Å². The third-order valence-electron chi connectivity index (χ3n) is 1.97. The van der Waals surface area contributed by atoms with E-state index in [0.29, 0.717) is 5.69 Å². The van der Waals surface area contributed by atoms with Crippen LogP contribution in [0.5, 0.6) is 0 Å². The number of hydrogen-bond acceptors (Lipinski definition) is 3. The van der Waals surface area contributed by atoms with Crippen molar-refractivity contribution in [1.82, 2.24) is 0 Å². The molecule has 17 heavy (non-hydrogen) atoms. The summed E-state index contributed by atoms with van der Waals surface area (Å²) in [6, 6.07) is 4.80. The molecule has 0 saturated carbocycles. The molecule has 0 aliphatic heterocycles. The highest BCUT2D eigenvalue weighted by molar-refractivity contribution is 5.75. The highest BCUT2D eigenvalue weighted by Crippen LogP contribution is 2.15. The lowest BCUT2D eigenvalue weighted by Gasteiger charge is -2.19. The van der Waals surface area contributed by atoms with Crippen molar-refractivity contribution in [3.8, 4) is 0 Å². The summed E-state index contributed by atoms with van der Waals surface area (Å²) in [5.41, 5.74) is 0.622. The Morgan fingerprint density at radius 2 is 2.06 bits per heavy atom. The van der Waals surface area contributed by atoms with Crippen LogP contribution < -0.4 is 5.32 Å². The second-order valence-electron chi connectivity index (χ2n) is 4.92. The normalized spacial score (nSPS) is 11.1. The van der Waals surface area contributed by atoms with Crippen LogP contribution in [0.2, 0.25) is 0 Å². The third-order valence-corrected chi connectivity index (χ3v) is 1.97. The summed E-state index contributed by atoms with van der Waals surface area (Å²) in [6.07, 6.45) is 0. The molecule has 0 aliphatic rings. The van der Waals surface area contributed by atoms with Crippen LogP contribution in [-0.2, 0) is 9.53 Å². The Morgan fingerprint density at radius 3 is 2.59 bits per heavy atom. The van der Waals surface area contributed by atoms with Gasteiger partial charge in [-0.05, 0) is 45.4 Å². The minimum absolute atomic E-state index is 0.0444. The smallest absolute Gasteiger partial charge is 0.325 e. The molecule has 0 aromatic heterocycles. The van der Waals surface area contributed by atoms with Gasteiger partial charge in [-0.15, -0.1) is 0 Å². The third kappa shape index (κ3) is 4.85. The molecule has 0 radical (unpaired) electrons. The molecular weight excluding hydrogens is 221 g/mol. The van der Waals surface area contributed by atoms with Gasteiger partial charge in [0.15, 0.2) is 0 Å². The molecule has 0 aliphatic carbocycles. The molecular formula is C13H18FNO2. The van der Waals surface area contributed by atoms with Crippen LogP contribution >= 0.6 is 0 Å². The molecule has 0 fully saturated rings. The molecule has 0 bridgehead atoms. The van der Waals surface area contributed by atoms with E-state index in [2.05, 4.69) is 5.32 Å². The first-order valence-electron chi connectivity index (χ1n) is 5.50. The first kappa shape index (κ1) is 13.5. The molecule has 1 aromatic rings.